The van der Waals surface area contributed by atoms with Crippen molar-refractivity contribution in [2.75, 3.05) is 5.73 Å². The standard InChI is InChI=1S/C17H16N6O/c18-15-14-13(16-20-11-3-1-2-4-12(11)21-16)22-17(9-7-10(24)8-9)23(14)6-5-19-15/h1-6,9-10,24H,7-8H2,(H2,18,19)(H,20,21). The van der Waals surface area contributed by atoms with E-state index in [9.17, 15) is 5.11 Å². The molecule has 5 rings (SSSR count). The normalized spacial score (nSPS) is 20.5. The van der Waals surface area contributed by atoms with E-state index in [2.05, 4.69) is 15.0 Å². The van der Waals surface area contributed by atoms with Crippen LogP contribution in [-0.2, 0) is 0 Å². The number of aliphatic hydroxyl groups is 1. The van der Waals surface area contributed by atoms with Crippen molar-refractivity contribution in [3.05, 3.63) is 42.5 Å². The summed E-state index contributed by atoms with van der Waals surface area (Å²) >= 11 is 0. The summed E-state index contributed by atoms with van der Waals surface area (Å²) in [4.78, 5) is 17.0. The first-order chi connectivity index (χ1) is 11.7. The number of benzene rings is 1. The Bertz CT molecular complexity index is 1030. The van der Waals surface area contributed by atoms with E-state index in [1.807, 2.05) is 34.9 Å². The maximum atomic E-state index is 9.63. The van der Waals surface area contributed by atoms with Crippen LogP contribution in [0.2, 0.25) is 0 Å². The van der Waals surface area contributed by atoms with Crippen molar-refractivity contribution in [3.63, 3.8) is 0 Å². The summed E-state index contributed by atoms with van der Waals surface area (Å²) in [6, 6.07) is 7.86. The molecule has 0 saturated heterocycles. The van der Waals surface area contributed by atoms with Crippen LogP contribution in [0.1, 0.15) is 24.6 Å². The molecule has 0 amide bonds. The number of hydrogen-bond acceptors (Lipinski definition) is 5. The van der Waals surface area contributed by atoms with Crippen molar-refractivity contribution in [1.29, 1.82) is 0 Å². The van der Waals surface area contributed by atoms with Crippen LogP contribution in [-0.4, -0.2) is 35.5 Å². The maximum absolute atomic E-state index is 9.63. The van der Waals surface area contributed by atoms with E-state index in [0.29, 0.717) is 17.3 Å². The van der Waals surface area contributed by atoms with Crippen LogP contribution in [0.25, 0.3) is 28.1 Å². The van der Waals surface area contributed by atoms with Crippen LogP contribution in [0.5, 0.6) is 0 Å². The van der Waals surface area contributed by atoms with Gasteiger partial charge in [-0.3, -0.25) is 4.40 Å². The highest BCUT2D eigenvalue weighted by molar-refractivity contribution is 5.87. The quantitative estimate of drug-likeness (QED) is 0.524. The summed E-state index contributed by atoms with van der Waals surface area (Å²) in [5, 5.41) is 9.63. The molecule has 1 aliphatic rings. The van der Waals surface area contributed by atoms with Crippen LogP contribution in [0.4, 0.5) is 5.82 Å². The van der Waals surface area contributed by atoms with Gasteiger partial charge in [-0.2, -0.15) is 0 Å². The van der Waals surface area contributed by atoms with Gasteiger partial charge in [0, 0.05) is 18.3 Å². The van der Waals surface area contributed by atoms with Crippen LogP contribution in [0.3, 0.4) is 0 Å². The molecule has 7 heteroatoms. The molecular weight excluding hydrogens is 304 g/mol. The predicted octanol–water partition coefficient (Wildman–Crippen LogP) is 2.09. The highest BCUT2D eigenvalue weighted by Crippen LogP contribution is 2.39. The average Bonchev–Trinajstić information content (AvgIpc) is 3.14. The molecule has 0 atom stereocenters. The molecule has 1 aromatic carbocycles. The number of nitrogens with zero attached hydrogens (tertiary/aromatic N) is 4. The van der Waals surface area contributed by atoms with Crippen molar-refractivity contribution in [3.8, 4) is 11.5 Å². The number of aromatic nitrogens is 5. The Morgan fingerprint density at radius 1 is 1.21 bits per heavy atom. The van der Waals surface area contributed by atoms with Gasteiger partial charge < -0.3 is 15.8 Å². The van der Waals surface area contributed by atoms with Crippen molar-refractivity contribution < 1.29 is 5.11 Å². The molecule has 0 aliphatic heterocycles. The lowest BCUT2D eigenvalue weighted by Crippen LogP contribution is -2.27. The van der Waals surface area contributed by atoms with E-state index < -0.39 is 0 Å². The highest BCUT2D eigenvalue weighted by Gasteiger charge is 2.33. The SMILES string of the molecule is Nc1nccn2c(C3CC(O)C3)nc(-c3nc4ccccc4[nH]3)c12. The molecule has 0 spiro atoms. The molecule has 1 fully saturated rings. The summed E-state index contributed by atoms with van der Waals surface area (Å²) < 4.78 is 1.97. The lowest BCUT2D eigenvalue weighted by atomic mass is 9.82. The molecule has 1 saturated carbocycles. The van der Waals surface area contributed by atoms with E-state index >= 15 is 0 Å². The van der Waals surface area contributed by atoms with E-state index in [-0.39, 0.29) is 12.0 Å². The zero-order valence-corrected chi connectivity index (χ0v) is 12.8. The minimum Gasteiger partial charge on any atom is -0.393 e. The monoisotopic (exact) mass is 320 g/mol. The largest absolute Gasteiger partial charge is 0.393 e. The third-order valence-electron chi connectivity index (χ3n) is 4.70. The van der Waals surface area contributed by atoms with Gasteiger partial charge in [-0.05, 0) is 25.0 Å². The molecule has 4 N–H and O–H groups in total. The minimum absolute atomic E-state index is 0.229. The molecule has 24 heavy (non-hydrogen) atoms. The number of anilines is 1. The zero-order valence-electron chi connectivity index (χ0n) is 12.8. The van der Waals surface area contributed by atoms with E-state index in [0.717, 1.165) is 35.2 Å². The lowest BCUT2D eigenvalue weighted by molar-refractivity contribution is 0.0715. The van der Waals surface area contributed by atoms with E-state index in [1.54, 1.807) is 6.20 Å². The Kier molecular flexibility index (Phi) is 2.69. The Morgan fingerprint density at radius 2 is 2.04 bits per heavy atom. The number of para-hydroxylation sites is 2. The lowest BCUT2D eigenvalue weighted by Gasteiger charge is -2.30. The molecular formula is C17H16N6O. The Hall–Kier alpha value is -2.93. The zero-order chi connectivity index (χ0) is 16.3. The number of H-pyrrole nitrogens is 1. The van der Waals surface area contributed by atoms with Gasteiger partial charge in [-0.25, -0.2) is 15.0 Å². The fraction of sp³-hybridized carbons (Fsp3) is 0.235. The second-order valence-corrected chi connectivity index (χ2v) is 6.27. The maximum Gasteiger partial charge on any atom is 0.159 e. The second kappa shape index (κ2) is 4.78. The Labute approximate surface area is 137 Å². The van der Waals surface area contributed by atoms with Gasteiger partial charge in [0.25, 0.3) is 0 Å². The Balaban J connectivity index is 1.75. The van der Waals surface area contributed by atoms with Gasteiger partial charge in [-0.1, -0.05) is 12.1 Å². The number of nitrogen functional groups attached to an aromatic ring is 1. The number of aromatic amines is 1. The van der Waals surface area contributed by atoms with Gasteiger partial charge in [0.15, 0.2) is 5.82 Å². The van der Waals surface area contributed by atoms with Crippen LogP contribution in [0.15, 0.2) is 36.7 Å². The summed E-state index contributed by atoms with van der Waals surface area (Å²) in [5.74, 6) is 2.23. The first-order valence-electron chi connectivity index (χ1n) is 7.96. The summed E-state index contributed by atoms with van der Waals surface area (Å²) in [7, 11) is 0. The number of nitrogens with two attached hydrogens (primary N) is 1. The highest BCUT2D eigenvalue weighted by atomic mass is 16.3. The summed E-state index contributed by atoms with van der Waals surface area (Å²) in [6.45, 7) is 0. The molecule has 0 radical (unpaired) electrons. The number of imidazole rings is 2. The average molecular weight is 320 g/mol. The number of rotatable bonds is 2. The smallest absolute Gasteiger partial charge is 0.159 e. The first-order valence-corrected chi connectivity index (χ1v) is 7.96. The van der Waals surface area contributed by atoms with Crippen molar-refractivity contribution in [2.24, 2.45) is 0 Å². The summed E-state index contributed by atoms with van der Waals surface area (Å²) in [5.41, 5.74) is 9.43. The first kappa shape index (κ1) is 13.5. The molecule has 1 aliphatic carbocycles. The molecule has 120 valence electrons. The van der Waals surface area contributed by atoms with Gasteiger partial charge >= 0.3 is 0 Å². The molecule has 0 unspecified atom stereocenters. The second-order valence-electron chi connectivity index (χ2n) is 6.27. The fourth-order valence-corrected chi connectivity index (χ4v) is 3.40. The molecule has 3 heterocycles. The third-order valence-corrected chi connectivity index (χ3v) is 4.70. The Morgan fingerprint density at radius 3 is 2.83 bits per heavy atom. The van der Waals surface area contributed by atoms with Gasteiger partial charge in [0.2, 0.25) is 0 Å². The van der Waals surface area contributed by atoms with Crippen LogP contribution >= 0.6 is 0 Å². The van der Waals surface area contributed by atoms with Gasteiger partial charge in [0.05, 0.1) is 17.1 Å². The van der Waals surface area contributed by atoms with Crippen molar-refractivity contribution in [2.45, 2.75) is 24.9 Å². The predicted molar refractivity (Wildman–Crippen MR) is 90.5 cm³/mol. The van der Waals surface area contributed by atoms with Gasteiger partial charge in [0.1, 0.15) is 22.9 Å². The molecule has 4 aromatic rings. The van der Waals surface area contributed by atoms with E-state index in [1.165, 1.54) is 0 Å². The molecule has 7 nitrogen and oxygen atoms in total. The topological polar surface area (TPSA) is 105 Å². The molecule has 3 aromatic heterocycles. The van der Waals surface area contributed by atoms with E-state index in [4.69, 9.17) is 10.7 Å². The van der Waals surface area contributed by atoms with Crippen LogP contribution in [0, 0.1) is 0 Å². The third kappa shape index (κ3) is 1.85. The van der Waals surface area contributed by atoms with Crippen molar-refractivity contribution >= 4 is 22.4 Å². The number of nitrogens with one attached hydrogen (secondary N) is 1. The number of fused-ring (bicyclic) bond motifs is 2. The van der Waals surface area contributed by atoms with Gasteiger partial charge in [-0.15, -0.1) is 0 Å². The van der Waals surface area contributed by atoms with Crippen molar-refractivity contribution in [1.82, 2.24) is 24.3 Å². The summed E-state index contributed by atoms with van der Waals surface area (Å²) in [6.07, 6.45) is 4.74. The fourth-order valence-electron chi connectivity index (χ4n) is 3.40. The number of aliphatic hydroxyl groups excluding tert-OH is 1. The van der Waals surface area contributed by atoms with Crippen LogP contribution < -0.4 is 5.73 Å². The molecule has 0 bridgehead atoms. The number of hydrogen-bond donors (Lipinski definition) is 3. The minimum atomic E-state index is -0.240.